The van der Waals surface area contributed by atoms with Crippen molar-refractivity contribution in [1.82, 2.24) is 0 Å². The fourth-order valence-corrected chi connectivity index (χ4v) is 4.63. The Labute approximate surface area is 205 Å². The van der Waals surface area contributed by atoms with Crippen LogP contribution < -0.4 is 0 Å². The van der Waals surface area contributed by atoms with E-state index in [1.54, 1.807) is 60.7 Å². The lowest BCUT2D eigenvalue weighted by Gasteiger charge is -2.25. The average molecular weight is 487 g/mol. The van der Waals surface area contributed by atoms with Gasteiger partial charge < -0.3 is 29.5 Å². The van der Waals surface area contributed by atoms with Gasteiger partial charge in [0.25, 0.3) is 0 Å². The minimum Gasteiger partial charge on any atom is -0.458 e. The molecule has 1 aliphatic rings. The van der Waals surface area contributed by atoms with Crippen molar-refractivity contribution in [3.05, 3.63) is 71.8 Å². The Morgan fingerprint density at radius 2 is 1.46 bits per heavy atom. The van der Waals surface area contributed by atoms with Crippen LogP contribution in [0.4, 0.5) is 0 Å². The third-order valence-electron chi connectivity index (χ3n) is 6.44. The number of aliphatic hydroxyl groups is 3. The molecule has 0 bridgehead atoms. The summed E-state index contributed by atoms with van der Waals surface area (Å²) in [5.74, 6) is -1.38. The SMILES string of the molecule is CC[C@@H]1[C@@H](CO)[C@@H](C[C@@H](COC(=O)c2ccccc2)OC(=O)c2ccccc2)O[C@H]1CC(O)CO. The van der Waals surface area contributed by atoms with Gasteiger partial charge in [-0.05, 0) is 30.2 Å². The van der Waals surface area contributed by atoms with Crippen molar-refractivity contribution in [2.45, 2.75) is 50.6 Å². The van der Waals surface area contributed by atoms with E-state index in [1.165, 1.54) is 0 Å². The quantitative estimate of drug-likeness (QED) is 0.391. The molecule has 3 N–H and O–H groups in total. The summed E-state index contributed by atoms with van der Waals surface area (Å²) in [5, 5.41) is 29.3. The highest BCUT2D eigenvalue weighted by Crippen LogP contribution is 2.39. The molecule has 1 fully saturated rings. The third-order valence-corrected chi connectivity index (χ3v) is 6.44. The maximum Gasteiger partial charge on any atom is 0.338 e. The van der Waals surface area contributed by atoms with Gasteiger partial charge >= 0.3 is 11.9 Å². The Kier molecular flexibility index (Phi) is 10.2. The minimum atomic E-state index is -0.925. The lowest BCUT2D eigenvalue weighted by Crippen LogP contribution is -2.33. The van der Waals surface area contributed by atoms with Crippen molar-refractivity contribution in [2.75, 3.05) is 19.8 Å². The molecule has 1 aliphatic heterocycles. The molecule has 190 valence electrons. The molecule has 1 heterocycles. The smallest absolute Gasteiger partial charge is 0.338 e. The van der Waals surface area contributed by atoms with Crippen LogP contribution in [0.5, 0.6) is 0 Å². The molecule has 0 amide bonds. The monoisotopic (exact) mass is 486 g/mol. The van der Waals surface area contributed by atoms with Gasteiger partial charge in [0.1, 0.15) is 12.7 Å². The first kappa shape index (κ1) is 26.8. The topological polar surface area (TPSA) is 123 Å². The summed E-state index contributed by atoms with van der Waals surface area (Å²) in [5.41, 5.74) is 0.753. The van der Waals surface area contributed by atoms with Gasteiger partial charge in [-0.3, -0.25) is 0 Å². The molecule has 35 heavy (non-hydrogen) atoms. The Morgan fingerprint density at radius 1 is 0.886 bits per heavy atom. The Hall–Kier alpha value is -2.78. The van der Waals surface area contributed by atoms with E-state index in [0.29, 0.717) is 17.5 Å². The molecule has 8 nitrogen and oxygen atoms in total. The lowest BCUT2D eigenvalue weighted by atomic mass is 9.82. The van der Waals surface area contributed by atoms with Gasteiger partial charge in [-0.25, -0.2) is 9.59 Å². The number of ether oxygens (including phenoxy) is 3. The molecule has 3 rings (SSSR count). The average Bonchev–Trinajstić information content (AvgIpc) is 3.23. The molecule has 0 radical (unpaired) electrons. The number of carbonyl (C=O) groups excluding carboxylic acids is 2. The van der Waals surface area contributed by atoms with Gasteiger partial charge in [-0.2, -0.15) is 0 Å². The molecule has 0 spiro atoms. The summed E-state index contributed by atoms with van der Waals surface area (Å²) >= 11 is 0. The maximum atomic E-state index is 12.8. The highest BCUT2D eigenvalue weighted by Gasteiger charge is 2.44. The number of rotatable bonds is 12. The van der Waals surface area contributed by atoms with Crippen LogP contribution in [0.2, 0.25) is 0 Å². The fourth-order valence-electron chi connectivity index (χ4n) is 4.63. The lowest BCUT2D eigenvalue weighted by molar-refractivity contribution is -0.0487. The summed E-state index contributed by atoms with van der Waals surface area (Å²) in [6, 6.07) is 17.0. The summed E-state index contributed by atoms with van der Waals surface area (Å²) < 4.78 is 17.4. The Bertz CT molecular complexity index is 919. The van der Waals surface area contributed by atoms with E-state index in [0.717, 1.165) is 0 Å². The molecule has 1 saturated heterocycles. The number of benzene rings is 2. The van der Waals surface area contributed by atoms with Gasteiger partial charge in [0, 0.05) is 25.4 Å². The second-order valence-electron chi connectivity index (χ2n) is 8.80. The molecule has 0 saturated carbocycles. The number of aliphatic hydroxyl groups excluding tert-OH is 3. The van der Waals surface area contributed by atoms with Gasteiger partial charge in [0.2, 0.25) is 0 Å². The molecule has 0 aliphatic carbocycles. The van der Waals surface area contributed by atoms with Crippen molar-refractivity contribution in [1.29, 1.82) is 0 Å². The van der Waals surface area contributed by atoms with Crippen LogP contribution >= 0.6 is 0 Å². The van der Waals surface area contributed by atoms with E-state index in [-0.39, 0.29) is 50.6 Å². The van der Waals surface area contributed by atoms with E-state index >= 15 is 0 Å². The number of hydrogen-bond donors (Lipinski definition) is 3. The fraction of sp³-hybridized carbons (Fsp3) is 0.481. The minimum absolute atomic E-state index is 0.0384. The normalized spacial score (nSPS) is 23.4. The first-order chi connectivity index (χ1) is 17.0. The second kappa shape index (κ2) is 13.3. The van der Waals surface area contributed by atoms with E-state index in [2.05, 4.69) is 0 Å². The van der Waals surface area contributed by atoms with Crippen molar-refractivity contribution in [3.63, 3.8) is 0 Å². The predicted molar refractivity (Wildman–Crippen MR) is 128 cm³/mol. The number of esters is 2. The van der Waals surface area contributed by atoms with E-state index < -0.39 is 30.3 Å². The Balaban J connectivity index is 1.74. The molecule has 2 aromatic rings. The van der Waals surface area contributed by atoms with Crippen molar-refractivity contribution in [2.24, 2.45) is 11.8 Å². The van der Waals surface area contributed by atoms with Gasteiger partial charge in [0.05, 0.1) is 36.0 Å². The first-order valence-corrected chi connectivity index (χ1v) is 12.0. The zero-order valence-electron chi connectivity index (χ0n) is 19.9. The van der Waals surface area contributed by atoms with Crippen LogP contribution in [0.3, 0.4) is 0 Å². The van der Waals surface area contributed by atoms with Crippen molar-refractivity contribution in [3.8, 4) is 0 Å². The van der Waals surface area contributed by atoms with E-state index in [1.807, 2.05) is 6.92 Å². The van der Waals surface area contributed by atoms with Gasteiger partial charge in [-0.1, -0.05) is 49.7 Å². The second-order valence-corrected chi connectivity index (χ2v) is 8.80. The van der Waals surface area contributed by atoms with Crippen LogP contribution in [-0.2, 0) is 14.2 Å². The van der Waals surface area contributed by atoms with Gasteiger partial charge in [0.15, 0.2) is 0 Å². The highest BCUT2D eigenvalue weighted by atomic mass is 16.6. The summed E-state index contributed by atoms with van der Waals surface area (Å²) in [6.07, 6.45) is -1.43. The molecular weight excluding hydrogens is 452 g/mol. The third kappa shape index (κ3) is 7.35. The van der Waals surface area contributed by atoms with E-state index in [9.17, 15) is 24.9 Å². The maximum absolute atomic E-state index is 12.8. The molecule has 0 aromatic heterocycles. The molecule has 6 atom stereocenters. The van der Waals surface area contributed by atoms with Crippen molar-refractivity contribution < 1.29 is 39.1 Å². The van der Waals surface area contributed by atoms with Crippen LogP contribution in [0.1, 0.15) is 46.9 Å². The molecule has 1 unspecified atom stereocenters. The number of carbonyl (C=O) groups is 2. The highest BCUT2D eigenvalue weighted by molar-refractivity contribution is 5.90. The van der Waals surface area contributed by atoms with Crippen molar-refractivity contribution >= 4 is 11.9 Å². The number of hydrogen-bond acceptors (Lipinski definition) is 8. The summed E-state index contributed by atoms with van der Waals surface area (Å²) in [4.78, 5) is 25.2. The zero-order valence-corrected chi connectivity index (χ0v) is 19.9. The van der Waals surface area contributed by atoms with Gasteiger partial charge in [-0.15, -0.1) is 0 Å². The predicted octanol–water partition coefficient (Wildman–Crippen LogP) is 2.60. The Morgan fingerprint density at radius 3 is 2.00 bits per heavy atom. The first-order valence-electron chi connectivity index (χ1n) is 12.0. The van der Waals surface area contributed by atoms with Crippen LogP contribution in [0.25, 0.3) is 0 Å². The molecule has 8 heteroatoms. The largest absolute Gasteiger partial charge is 0.458 e. The summed E-state index contributed by atoms with van der Waals surface area (Å²) in [6.45, 7) is 1.28. The molecule has 2 aromatic carbocycles. The zero-order chi connectivity index (χ0) is 25.2. The summed E-state index contributed by atoms with van der Waals surface area (Å²) in [7, 11) is 0. The van der Waals surface area contributed by atoms with Crippen LogP contribution in [0.15, 0.2) is 60.7 Å². The molecular formula is C27H34O8. The van der Waals surface area contributed by atoms with Crippen LogP contribution in [0, 0.1) is 11.8 Å². The van der Waals surface area contributed by atoms with E-state index in [4.69, 9.17) is 14.2 Å². The standard InChI is InChI=1S/C27H34O8/c1-2-22-23(16-29)25(35-24(22)13-20(30)15-28)14-21(34-27(32)19-11-7-4-8-12-19)17-33-26(31)18-9-5-3-6-10-18/h3-12,20-25,28-30H,2,13-17H2,1H3/t20?,21-,22+,23+,24-,25+/m0/s1. The van der Waals surface area contributed by atoms with Crippen LogP contribution in [-0.4, -0.2) is 71.5 Å².